The van der Waals surface area contributed by atoms with E-state index in [1.807, 2.05) is 4.57 Å². The van der Waals surface area contributed by atoms with Crippen LogP contribution in [0.1, 0.15) is 52.4 Å². The maximum atomic E-state index is 12.5. The van der Waals surface area contributed by atoms with Crippen molar-refractivity contribution in [2.24, 2.45) is 7.05 Å². The molecule has 0 spiro atoms. The summed E-state index contributed by atoms with van der Waals surface area (Å²) in [6.07, 6.45) is 6.73. The Morgan fingerprint density at radius 1 is 1.12 bits per heavy atom. The number of carbonyl (C=O) groups excluding carboxylic acids is 1. The SMILES string of the molecule is CCCCn1c(=O)n(C)c(=O)c2c1ncn2CCCCCC(C)=O. The molecule has 2 aromatic rings. The van der Waals surface area contributed by atoms with Crippen molar-refractivity contribution >= 4 is 16.9 Å². The van der Waals surface area contributed by atoms with Gasteiger partial charge in [-0.1, -0.05) is 19.8 Å². The van der Waals surface area contributed by atoms with Crippen LogP contribution >= 0.6 is 0 Å². The average Bonchev–Trinajstić information content (AvgIpc) is 2.96. The number of hydrogen-bond acceptors (Lipinski definition) is 4. The quantitative estimate of drug-likeness (QED) is 0.656. The second-order valence-electron chi connectivity index (χ2n) is 6.27. The monoisotopic (exact) mass is 334 g/mol. The molecule has 2 aromatic heterocycles. The number of imidazole rings is 1. The van der Waals surface area contributed by atoms with Crippen LogP contribution in [-0.2, 0) is 24.9 Å². The lowest BCUT2D eigenvalue weighted by Crippen LogP contribution is -2.38. The van der Waals surface area contributed by atoms with Crippen LogP contribution in [-0.4, -0.2) is 24.5 Å². The average molecular weight is 334 g/mol. The Bertz CT molecular complexity index is 829. The number of aryl methyl sites for hydroxylation is 2. The van der Waals surface area contributed by atoms with Gasteiger partial charge in [-0.2, -0.15) is 0 Å². The maximum Gasteiger partial charge on any atom is 0.332 e. The van der Waals surface area contributed by atoms with Crippen molar-refractivity contribution in [2.75, 3.05) is 0 Å². The van der Waals surface area contributed by atoms with Gasteiger partial charge in [0.25, 0.3) is 5.56 Å². The van der Waals surface area contributed by atoms with Crippen molar-refractivity contribution in [1.29, 1.82) is 0 Å². The number of ketones is 1. The highest BCUT2D eigenvalue weighted by Crippen LogP contribution is 2.10. The van der Waals surface area contributed by atoms with E-state index in [1.54, 1.807) is 17.8 Å². The highest BCUT2D eigenvalue weighted by atomic mass is 16.2. The summed E-state index contributed by atoms with van der Waals surface area (Å²) in [7, 11) is 1.51. The van der Waals surface area contributed by atoms with Crippen LogP contribution in [0, 0.1) is 0 Å². The van der Waals surface area contributed by atoms with Gasteiger partial charge in [0.15, 0.2) is 11.2 Å². The number of fused-ring (bicyclic) bond motifs is 1. The van der Waals surface area contributed by atoms with E-state index >= 15 is 0 Å². The van der Waals surface area contributed by atoms with Crippen LogP contribution in [0.2, 0.25) is 0 Å². The molecular formula is C17H26N4O3. The van der Waals surface area contributed by atoms with E-state index in [-0.39, 0.29) is 17.0 Å². The van der Waals surface area contributed by atoms with Gasteiger partial charge in [0.1, 0.15) is 5.78 Å². The van der Waals surface area contributed by atoms with Gasteiger partial charge in [-0.15, -0.1) is 0 Å². The Labute approximate surface area is 140 Å². The van der Waals surface area contributed by atoms with E-state index in [0.717, 1.165) is 36.7 Å². The highest BCUT2D eigenvalue weighted by Gasteiger charge is 2.15. The second kappa shape index (κ2) is 8.08. The number of carbonyl (C=O) groups is 1. The molecule has 0 unspecified atom stereocenters. The molecule has 0 aliphatic heterocycles. The molecule has 0 saturated heterocycles. The Kier molecular flexibility index (Phi) is 6.11. The molecule has 0 N–H and O–H groups in total. The first-order valence-corrected chi connectivity index (χ1v) is 8.61. The first-order valence-electron chi connectivity index (χ1n) is 8.61. The predicted molar refractivity (Wildman–Crippen MR) is 93.3 cm³/mol. The molecule has 0 bridgehead atoms. The van der Waals surface area contributed by atoms with Gasteiger partial charge in [0, 0.05) is 26.6 Å². The molecule has 2 heterocycles. The zero-order valence-electron chi connectivity index (χ0n) is 14.7. The van der Waals surface area contributed by atoms with Gasteiger partial charge >= 0.3 is 5.69 Å². The molecule has 0 saturated carbocycles. The molecular weight excluding hydrogens is 308 g/mol. The van der Waals surface area contributed by atoms with E-state index < -0.39 is 0 Å². The van der Waals surface area contributed by atoms with Crippen LogP contribution in [0.4, 0.5) is 0 Å². The summed E-state index contributed by atoms with van der Waals surface area (Å²) in [4.78, 5) is 40.1. The number of rotatable bonds is 9. The lowest BCUT2D eigenvalue weighted by molar-refractivity contribution is -0.117. The van der Waals surface area contributed by atoms with Gasteiger partial charge in [-0.25, -0.2) is 9.78 Å². The Morgan fingerprint density at radius 2 is 1.88 bits per heavy atom. The molecule has 7 nitrogen and oxygen atoms in total. The van der Waals surface area contributed by atoms with Crippen molar-refractivity contribution in [1.82, 2.24) is 18.7 Å². The van der Waals surface area contributed by atoms with Gasteiger partial charge in [0.2, 0.25) is 0 Å². The second-order valence-corrected chi connectivity index (χ2v) is 6.27. The first-order chi connectivity index (χ1) is 11.5. The lowest BCUT2D eigenvalue weighted by Gasteiger charge is -2.09. The largest absolute Gasteiger partial charge is 0.332 e. The highest BCUT2D eigenvalue weighted by molar-refractivity contribution is 5.75. The number of aromatic nitrogens is 4. The van der Waals surface area contributed by atoms with E-state index in [4.69, 9.17) is 0 Å². The zero-order chi connectivity index (χ0) is 17.7. The number of hydrogen-bond donors (Lipinski definition) is 0. The molecule has 7 heteroatoms. The van der Waals surface area contributed by atoms with Crippen molar-refractivity contribution in [3.63, 3.8) is 0 Å². The van der Waals surface area contributed by atoms with Crippen LogP contribution in [0.25, 0.3) is 11.2 Å². The molecule has 0 aromatic carbocycles. The summed E-state index contributed by atoms with van der Waals surface area (Å²) in [5, 5.41) is 0. The normalized spacial score (nSPS) is 11.3. The van der Waals surface area contributed by atoms with Crippen molar-refractivity contribution in [3.8, 4) is 0 Å². The standard InChI is InChI=1S/C17H26N4O3/c1-4-5-11-21-15-14(16(23)19(3)17(21)24)20(12-18-15)10-8-6-7-9-13(2)22/h12H,4-11H2,1-3H3. The molecule has 0 radical (unpaired) electrons. The smallest absolute Gasteiger partial charge is 0.325 e. The fourth-order valence-electron chi connectivity index (χ4n) is 2.83. The van der Waals surface area contributed by atoms with E-state index in [2.05, 4.69) is 11.9 Å². The summed E-state index contributed by atoms with van der Waals surface area (Å²) < 4.78 is 4.58. The molecule has 2 rings (SSSR count). The minimum absolute atomic E-state index is 0.205. The summed E-state index contributed by atoms with van der Waals surface area (Å²) in [6.45, 7) is 4.89. The molecule has 0 atom stereocenters. The van der Waals surface area contributed by atoms with E-state index in [0.29, 0.717) is 30.7 Å². The minimum Gasteiger partial charge on any atom is -0.325 e. The number of unbranched alkanes of at least 4 members (excludes halogenated alkanes) is 3. The fourth-order valence-corrected chi connectivity index (χ4v) is 2.83. The van der Waals surface area contributed by atoms with Gasteiger partial charge in [0.05, 0.1) is 6.33 Å². The zero-order valence-corrected chi connectivity index (χ0v) is 14.7. The number of nitrogens with zero attached hydrogens (tertiary/aromatic N) is 4. The van der Waals surface area contributed by atoms with E-state index in [9.17, 15) is 14.4 Å². The van der Waals surface area contributed by atoms with Crippen LogP contribution in [0.3, 0.4) is 0 Å². The lowest BCUT2D eigenvalue weighted by atomic mass is 10.1. The summed E-state index contributed by atoms with van der Waals surface area (Å²) in [6, 6.07) is 0. The van der Waals surface area contributed by atoms with Crippen molar-refractivity contribution in [2.45, 2.75) is 65.5 Å². The maximum absolute atomic E-state index is 12.5. The topological polar surface area (TPSA) is 78.9 Å². The molecule has 0 amide bonds. The fraction of sp³-hybridized carbons (Fsp3) is 0.647. The van der Waals surface area contributed by atoms with Crippen molar-refractivity contribution in [3.05, 3.63) is 27.2 Å². The Hall–Kier alpha value is -2.18. The van der Waals surface area contributed by atoms with Crippen LogP contribution in [0.5, 0.6) is 0 Å². The Balaban J connectivity index is 2.27. The molecule has 0 aliphatic carbocycles. The minimum atomic E-state index is -0.312. The van der Waals surface area contributed by atoms with Crippen LogP contribution in [0.15, 0.2) is 15.9 Å². The molecule has 0 fully saturated rings. The van der Waals surface area contributed by atoms with Gasteiger partial charge in [-0.05, 0) is 26.2 Å². The summed E-state index contributed by atoms with van der Waals surface area (Å²) in [5.41, 5.74) is 0.344. The molecule has 24 heavy (non-hydrogen) atoms. The van der Waals surface area contributed by atoms with Gasteiger partial charge in [-0.3, -0.25) is 13.9 Å². The number of Topliss-reactive ketones (excluding diaryl/α,β-unsaturated/α-hetero) is 1. The third kappa shape index (κ3) is 3.83. The first kappa shape index (κ1) is 18.2. The predicted octanol–water partition coefficient (Wildman–Crippen LogP) is 1.85. The Morgan fingerprint density at radius 3 is 2.54 bits per heavy atom. The molecule has 0 aliphatic rings. The van der Waals surface area contributed by atoms with E-state index in [1.165, 1.54) is 7.05 Å². The van der Waals surface area contributed by atoms with Crippen LogP contribution < -0.4 is 11.2 Å². The third-order valence-electron chi connectivity index (χ3n) is 4.26. The van der Waals surface area contributed by atoms with Crippen molar-refractivity contribution < 1.29 is 4.79 Å². The van der Waals surface area contributed by atoms with Gasteiger partial charge < -0.3 is 9.36 Å². The summed E-state index contributed by atoms with van der Waals surface area (Å²) >= 11 is 0. The summed E-state index contributed by atoms with van der Waals surface area (Å²) in [5.74, 6) is 0.205. The third-order valence-corrected chi connectivity index (χ3v) is 4.26. The molecule has 132 valence electrons.